The van der Waals surface area contributed by atoms with E-state index in [0.29, 0.717) is 72.5 Å². The number of piperidine rings is 1. The standard InChI is InChI=1S/C24H27ClN6O5/c1-24(2,12-32)21(33)31-9-7-15(8-10-31)35-22-26-17-11-16(25)18(27-20(17)28-22)13-3-5-14(6-4-13)19-29-23(34)36-30-19/h3,5,11,15,32H,4,6-10,12H2,1-2H3,(H,26,27,28)(H,29,30,34). The SMILES string of the molecule is CC(C)(CO)C(=O)N1CCC(Oc2nc3nc(C4=CC=C(c5noc(=O)[nH]5)CC4)c(Cl)cc3[nH]2)CC1. The molecule has 1 aliphatic heterocycles. The molecule has 1 aliphatic carbocycles. The van der Waals surface area contributed by atoms with Crippen molar-refractivity contribution in [1.29, 1.82) is 0 Å². The Balaban J connectivity index is 1.27. The summed E-state index contributed by atoms with van der Waals surface area (Å²) in [4.78, 5) is 40.4. The van der Waals surface area contributed by atoms with Gasteiger partial charge in [-0.15, -0.1) is 0 Å². The summed E-state index contributed by atoms with van der Waals surface area (Å²) in [6.45, 7) is 4.43. The van der Waals surface area contributed by atoms with Crippen LogP contribution in [0.1, 0.15) is 51.0 Å². The number of amides is 1. The molecule has 3 N–H and O–H groups in total. The van der Waals surface area contributed by atoms with Crippen LogP contribution in [0.5, 0.6) is 6.01 Å². The highest BCUT2D eigenvalue weighted by atomic mass is 35.5. The molecule has 1 fully saturated rings. The number of aliphatic hydroxyl groups excluding tert-OH is 1. The molecule has 0 atom stereocenters. The van der Waals surface area contributed by atoms with Gasteiger partial charge in [-0.3, -0.25) is 14.3 Å². The van der Waals surface area contributed by atoms with Gasteiger partial charge in [0.2, 0.25) is 5.91 Å². The smallest absolute Gasteiger partial charge is 0.439 e. The second kappa shape index (κ2) is 9.55. The number of aromatic amines is 2. The molecule has 12 heteroatoms. The number of likely N-dealkylation sites (tertiary alicyclic amines) is 1. The fourth-order valence-electron chi connectivity index (χ4n) is 4.41. The lowest BCUT2D eigenvalue weighted by atomic mass is 9.91. The largest absolute Gasteiger partial charge is 0.461 e. The fraction of sp³-hybridized carbons (Fsp3) is 0.458. The van der Waals surface area contributed by atoms with E-state index in [1.54, 1.807) is 24.8 Å². The van der Waals surface area contributed by atoms with Crippen molar-refractivity contribution in [2.24, 2.45) is 5.41 Å². The predicted octanol–water partition coefficient (Wildman–Crippen LogP) is 2.94. The Morgan fingerprint density at radius 1 is 1.22 bits per heavy atom. The monoisotopic (exact) mass is 514 g/mol. The van der Waals surface area contributed by atoms with Gasteiger partial charge in [-0.05, 0) is 43.9 Å². The molecule has 3 aromatic rings. The van der Waals surface area contributed by atoms with Gasteiger partial charge in [0.25, 0.3) is 6.01 Å². The number of ether oxygens (including phenoxy) is 1. The van der Waals surface area contributed by atoms with Crippen LogP contribution in [-0.2, 0) is 4.79 Å². The molecule has 0 bridgehead atoms. The van der Waals surface area contributed by atoms with Crippen LogP contribution in [0.15, 0.2) is 27.5 Å². The second-order valence-electron chi connectivity index (χ2n) is 9.71. The van der Waals surface area contributed by atoms with Gasteiger partial charge in [-0.2, -0.15) is 4.98 Å². The molecule has 1 saturated heterocycles. The molecule has 0 spiro atoms. The zero-order valence-electron chi connectivity index (χ0n) is 20.0. The number of allylic oxidation sites excluding steroid dienone is 4. The van der Waals surface area contributed by atoms with E-state index in [9.17, 15) is 14.7 Å². The number of rotatable bonds is 6. The van der Waals surface area contributed by atoms with Gasteiger partial charge in [0.15, 0.2) is 11.5 Å². The molecule has 36 heavy (non-hydrogen) atoms. The number of nitrogens with one attached hydrogen (secondary N) is 2. The lowest BCUT2D eigenvalue weighted by molar-refractivity contribution is -0.144. The van der Waals surface area contributed by atoms with Crippen LogP contribution >= 0.6 is 11.6 Å². The number of pyridine rings is 1. The highest BCUT2D eigenvalue weighted by Gasteiger charge is 2.34. The van der Waals surface area contributed by atoms with Crippen LogP contribution in [0.3, 0.4) is 0 Å². The summed E-state index contributed by atoms with van der Waals surface area (Å²) >= 11 is 6.55. The van der Waals surface area contributed by atoms with Crippen molar-refractivity contribution in [1.82, 2.24) is 30.0 Å². The maximum atomic E-state index is 12.6. The molecule has 5 rings (SSSR count). The average Bonchev–Trinajstić information content (AvgIpc) is 3.48. The molecule has 0 unspecified atom stereocenters. The molecular formula is C24H27ClN6O5. The first kappa shape index (κ1) is 24.3. The normalized spacial score (nSPS) is 17.3. The molecule has 2 aliphatic rings. The number of halogens is 1. The maximum Gasteiger partial charge on any atom is 0.439 e. The number of nitrogens with zero attached hydrogens (tertiary/aromatic N) is 4. The van der Waals surface area contributed by atoms with Crippen molar-refractivity contribution in [2.75, 3.05) is 19.7 Å². The van der Waals surface area contributed by atoms with Crippen LogP contribution in [0.25, 0.3) is 22.3 Å². The highest BCUT2D eigenvalue weighted by Crippen LogP contribution is 2.34. The molecule has 11 nitrogen and oxygen atoms in total. The third kappa shape index (κ3) is 4.80. The number of hydrogen-bond donors (Lipinski definition) is 3. The van der Waals surface area contributed by atoms with Crippen LogP contribution in [0.4, 0.5) is 0 Å². The number of carbonyl (C=O) groups is 1. The Morgan fingerprint density at radius 2 is 1.94 bits per heavy atom. The van der Waals surface area contributed by atoms with Crippen molar-refractivity contribution in [3.8, 4) is 6.01 Å². The Hall–Kier alpha value is -3.44. The topological polar surface area (TPSA) is 150 Å². The van der Waals surface area contributed by atoms with E-state index < -0.39 is 11.2 Å². The van der Waals surface area contributed by atoms with Crippen molar-refractivity contribution in [2.45, 2.75) is 45.6 Å². The van der Waals surface area contributed by atoms with Gasteiger partial charge in [0.1, 0.15) is 6.10 Å². The van der Waals surface area contributed by atoms with E-state index in [4.69, 9.17) is 16.3 Å². The summed E-state index contributed by atoms with van der Waals surface area (Å²) in [6, 6.07) is 2.15. The Bertz CT molecular complexity index is 1410. The first-order valence-electron chi connectivity index (χ1n) is 11.8. The lowest BCUT2D eigenvalue weighted by Crippen LogP contribution is -2.48. The summed E-state index contributed by atoms with van der Waals surface area (Å²) in [5, 5.41) is 13.7. The minimum absolute atomic E-state index is 0.0492. The third-order valence-electron chi connectivity index (χ3n) is 6.58. The number of fused-ring (bicyclic) bond motifs is 1. The fourth-order valence-corrected chi connectivity index (χ4v) is 4.68. The number of aliphatic hydroxyl groups is 1. The first-order valence-corrected chi connectivity index (χ1v) is 12.2. The van der Waals surface area contributed by atoms with Crippen LogP contribution < -0.4 is 10.5 Å². The number of carbonyl (C=O) groups excluding carboxylic acids is 1. The van der Waals surface area contributed by atoms with Crippen molar-refractivity contribution in [3.05, 3.63) is 45.3 Å². The summed E-state index contributed by atoms with van der Waals surface area (Å²) < 4.78 is 10.6. The Morgan fingerprint density at radius 3 is 2.58 bits per heavy atom. The van der Waals surface area contributed by atoms with E-state index >= 15 is 0 Å². The second-order valence-corrected chi connectivity index (χ2v) is 10.1. The molecule has 4 heterocycles. The molecule has 0 aromatic carbocycles. The predicted molar refractivity (Wildman–Crippen MR) is 132 cm³/mol. The summed E-state index contributed by atoms with van der Waals surface area (Å²) in [5.74, 6) is -0.213. The van der Waals surface area contributed by atoms with Crippen molar-refractivity contribution in [3.63, 3.8) is 0 Å². The van der Waals surface area contributed by atoms with Crippen molar-refractivity contribution >= 4 is 39.8 Å². The molecule has 0 saturated carbocycles. The molecule has 3 aromatic heterocycles. The summed E-state index contributed by atoms with van der Waals surface area (Å²) in [6.07, 6.45) is 6.34. The highest BCUT2D eigenvalue weighted by molar-refractivity contribution is 6.32. The average molecular weight is 515 g/mol. The Kier molecular flexibility index (Phi) is 6.44. The summed E-state index contributed by atoms with van der Waals surface area (Å²) in [5.41, 5.74) is 2.84. The number of hydrogen-bond acceptors (Lipinski definition) is 8. The van der Waals surface area contributed by atoms with Crippen LogP contribution in [0, 0.1) is 5.41 Å². The molecule has 0 radical (unpaired) electrons. The zero-order chi connectivity index (χ0) is 25.4. The number of aromatic nitrogens is 5. The zero-order valence-corrected chi connectivity index (χ0v) is 20.8. The van der Waals surface area contributed by atoms with Gasteiger partial charge in [-0.25, -0.2) is 9.78 Å². The van der Waals surface area contributed by atoms with E-state index in [1.165, 1.54) is 0 Å². The van der Waals surface area contributed by atoms with E-state index in [2.05, 4.69) is 29.6 Å². The number of H-pyrrole nitrogens is 2. The minimum Gasteiger partial charge on any atom is -0.461 e. The number of imidazole rings is 1. The molecule has 1 amide bonds. The van der Waals surface area contributed by atoms with Crippen LogP contribution in [0.2, 0.25) is 5.02 Å². The lowest BCUT2D eigenvalue weighted by Gasteiger charge is -2.36. The van der Waals surface area contributed by atoms with E-state index in [-0.39, 0.29) is 18.6 Å². The van der Waals surface area contributed by atoms with Gasteiger partial charge < -0.3 is 19.7 Å². The van der Waals surface area contributed by atoms with Gasteiger partial charge >= 0.3 is 5.76 Å². The van der Waals surface area contributed by atoms with E-state index in [0.717, 1.165) is 11.1 Å². The van der Waals surface area contributed by atoms with E-state index in [1.807, 2.05) is 12.2 Å². The maximum absolute atomic E-state index is 12.6. The minimum atomic E-state index is -0.783. The van der Waals surface area contributed by atoms with Gasteiger partial charge in [-0.1, -0.05) is 28.9 Å². The summed E-state index contributed by atoms with van der Waals surface area (Å²) in [7, 11) is 0. The van der Waals surface area contributed by atoms with Crippen LogP contribution in [-0.4, -0.2) is 66.8 Å². The third-order valence-corrected chi connectivity index (χ3v) is 6.87. The van der Waals surface area contributed by atoms with Gasteiger partial charge in [0, 0.05) is 25.9 Å². The Labute approximate surface area is 211 Å². The molecular weight excluding hydrogens is 488 g/mol. The first-order chi connectivity index (χ1) is 17.2. The van der Waals surface area contributed by atoms with Crippen molar-refractivity contribution < 1.29 is 19.2 Å². The van der Waals surface area contributed by atoms with Gasteiger partial charge in [0.05, 0.1) is 28.3 Å². The molecule has 190 valence electrons. The quantitative estimate of drug-likeness (QED) is 0.454.